The summed E-state index contributed by atoms with van der Waals surface area (Å²) in [5.74, 6) is 1.32. The zero-order valence-corrected chi connectivity index (χ0v) is 12.0. The third-order valence-electron chi connectivity index (χ3n) is 4.22. The van der Waals surface area contributed by atoms with Crippen LogP contribution < -0.4 is 5.32 Å². The molecule has 1 N–H and O–H groups in total. The zero-order valence-electron chi connectivity index (χ0n) is 11.2. The van der Waals surface area contributed by atoms with E-state index in [0.29, 0.717) is 5.60 Å². The fourth-order valence-corrected chi connectivity index (χ4v) is 3.47. The summed E-state index contributed by atoms with van der Waals surface area (Å²) < 4.78 is 5.95. The Morgan fingerprint density at radius 3 is 2.88 bits per heavy atom. The number of ether oxygens (including phenoxy) is 1. The Balaban J connectivity index is 1.53. The molecule has 1 saturated heterocycles. The molecule has 0 aromatic heterocycles. The standard InChI is InChI=1S/C14H27NOS/c1-17-11-4-2-3-9-15-13-6-10-16-14(12-13)7-5-8-14/h13,15H,2-12H2,1H3. The third-order valence-corrected chi connectivity index (χ3v) is 4.91. The highest BCUT2D eigenvalue weighted by atomic mass is 32.2. The summed E-state index contributed by atoms with van der Waals surface area (Å²) in [7, 11) is 0. The molecule has 2 aliphatic rings. The molecule has 17 heavy (non-hydrogen) atoms. The summed E-state index contributed by atoms with van der Waals surface area (Å²) in [6.07, 6.45) is 12.7. The molecule has 1 heterocycles. The maximum absolute atomic E-state index is 5.95. The smallest absolute Gasteiger partial charge is 0.0697 e. The van der Waals surface area contributed by atoms with E-state index in [1.807, 2.05) is 11.8 Å². The average molecular weight is 257 g/mol. The Labute approximate surface area is 110 Å². The van der Waals surface area contributed by atoms with E-state index < -0.39 is 0 Å². The first-order valence-corrected chi connectivity index (χ1v) is 8.60. The first kappa shape index (κ1) is 13.7. The van der Waals surface area contributed by atoms with Crippen molar-refractivity contribution in [1.29, 1.82) is 0 Å². The van der Waals surface area contributed by atoms with E-state index in [1.165, 1.54) is 63.7 Å². The van der Waals surface area contributed by atoms with Crippen LogP contribution in [0.25, 0.3) is 0 Å². The second kappa shape index (κ2) is 7.01. The van der Waals surface area contributed by atoms with E-state index in [-0.39, 0.29) is 0 Å². The number of nitrogens with one attached hydrogen (secondary N) is 1. The van der Waals surface area contributed by atoms with Crippen molar-refractivity contribution in [3.05, 3.63) is 0 Å². The van der Waals surface area contributed by atoms with E-state index in [2.05, 4.69) is 11.6 Å². The molecule has 1 aliphatic carbocycles. The van der Waals surface area contributed by atoms with Gasteiger partial charge in [-0.2, -0.15) is 11.8 Å². The van der Waals surface area contributed by atoms with Gasteiger partial charge in [0.2, 0.25) is 0 Å². The Bertz CT molecular complexity index is 218. The summed E-state index contributed by atoms with van der Waals surface area (Å²) in [4.78, 5) is 0. The Hall–Kier alpha value is 0.270. The van der Waals surface area contributed by atoms with Gasteiger partial charge in [0, 0.05) is 12.6 Å². The van der Waals surface area contributed by atoms with E-state index in [0.717, 1.165) is 12.6 Å². The Morgan fingerprint density at radius 1 is 1.29 bits per heavy atom. The fourth-order valence-electron chi connectivity index (χ4n) is 2.98. The van der Waals surface area contributed by atoms with Crippen LogP contribution in [0.3, 0.4) is 0 Å². The Kier molecular flexibility index (Phi) is 5.64. The molecule has 1 unspecified atom stereocenters. The van der Waals surface area contributed by atoms with Gasteiger partial charge in [-0.15, -0.1) is 0 Å². The largest absolute Gasteiger partial charge is 0.375 e. The molecular weight excluding hydrogens is 230 g/mol. The molecule has 2 fully saturated rings. The van der Waals surface area contributed by atoms with E-state index in [9.17, 15) is 0 Å². The van der Waals surface area contributed by atoms with Gasteiger partial charge in [0.25, 0.3) is 0 Å². The van der Waals surface area contributed by atoms with Crippen LogP contribution in [0.5, 0.6) is 0 Å². The summed E-state index contributed by atoms with van der Waals surface area (Å²) in [6, 6.07) is 0.726. The minimum absolute atomic E-state index is 0.300. The van der Waals surface area contributed by atoms with Crippen LogP contribution in [0.4, 0.5) is 0 Å². The lowest BCUT2D eigenvalue weighted by atomic mass is 9.74. The van der Waals surface area contributed by atoms with Crippen LogP contribution in [-0.4, -0.2) is 36.8 Å². The molecule has 0 aromatic rings. The van der Waals surface area contributed by atoms with Gasteiger partial charge in [-0.05, 0) is 63.5 Å². The summed E-state index contributed by atoms with van der Waals surface area (Å²) in [5.41, 5.74) is 0.300. The van der Waals surface area contributed by atoms with Gasteiger partial charge in [-0.3, -0.25) is 0 Å². The van der Waals surface area contributed by atoms with E-state index in [1.54, 1.807) is 0 Å². The minimum Gasteiger partial charge on any atom is -0.375 e. The molecular formula is C14H27NOS. The highest BCUT2D eigenvalue weighted by Gasteiger charge is 2.42. The molecule has 1 aliphatic heterocycles. The number of unbranched alkanes of at least 4 members (excludes halogenated alkanes) is 2. The van der Waals surface area contributed by atoms with Crippen molar-refractivity contribution in [1.82, 2.24) is 5.32 Å². The maximum atomic E-state index is 5.95. The van der Waals surface area contributed by atoms with Crippen molar-refractivity contribution in [2.75, 3.05) is 25.2 Å². The highest BCUT2D eigenvalue weighted by Crippen LogP contribution is 2.42. The SMILES string of the molecule is CSCCCCCNC1CCOC2(CCC2)C1. The molecule has 100 valence electrons. The quantitative estimate of drug-likeness (QED) is 0.708. The Morgan fingerprint density at radius 2 is 2.18 bits per heavy atom. The van der Waals surface area contributed by atoms with Crippen molar-refractivity contribution in [2.45, 2.75) is 63.0 Å². The van der Waals surface area contributed by atoms with Gasteiger partial charge in [0.1, 0.15) is 0 Å². The number of rotatable bonds is 7. The van der Waals surface area contributed by atoms with Crippen molar-refractivity contribution in [3.63, 3.8) is 0 Å². The summed E-state index contributed by atoms with van der Waals surface area (Å²) >= 11 is 1.96. The van der Waals surface area contributed by atoms with Crippen molar-refractivity contribution < 1.29 is 4.74 Å². The van der Waals surface area contributed by atoms with Crippen LogP contribution >= 0.6 is 11.8 Å². The lowest BCUT2D eigenvalue weighted by molar-refractivity contribution is -0.135. The van der Waals surface area contributed by atoms with E-state index in [4.69, 9.17) is 4.74 Å². The second-order valence-electron chi connectivity index (χ2n) is 5.58. The molecule has 0 bridgehead atoms. The number of hydrogen-bond acceptors (Lipinski definition) is 3. The molecule has 0 radical (unpaired) electrons. The molecule has 2 rings (SSSR count). The van der Waals surface area contributed by atoms with Gasteiger partial charge in [0.15, 0.2) is 0 Å². The van der Waals surface area contributed by atoms with Crippen molar-refractivity contribution >= 4 is 11.8 Å². The summed E-state index contributed by atoms with van der Waals surface area (Å²) in [5, 5.41) is 3.74. The molecule has 3 heteroatoms. The minimum atomic E-state index is 0.300. The average Bonchev–Trinajstić information content (AvgIpc) is 2.32. The fraction of sp³-hybridized carbons (Fsp3) is 1.00. The topological polar surface area (TPSA) is 21.3 Å². The summed E-state index contributed by atoms with van der Waals surface area (Å²) in [6.45, 7) is 2.18. The maximum Gasteiger partial charge on any atom is 0.0697 e. The second-order valence-corrected chi connectivity index (χ2v) is 6.57. The van der Waals surface area contributed by atoms with Gasteiger partial charge in [0.05, 0.1) is 5.60 Å². The van der Waals surface area contributed by atoms with Crippen molar-refractivity contribution in [2.24, 2.45) is 0 Å². The van der Waals surface area contributed by atoms with Gasteiger partial charge >= 0.3 is 0 Å². The molecule has 1 spiro atoms. The van der Waals surface area contributed by atoms with Crippen LogP contribution in [0.2, 0.25) is 0 Å². The number of thioether (sulfide) groups is 1. The predicted molar refractivity (Wildman–Crippen MR) is 75.8 cm³/mol. The predicted octanol–water partition coefficient (Wildman–Crippen LogP) is 3.21. The van der Waals surface area contributed by atoms with E-state index >= 15 is 0 Å². The monoisotopic (exact) mass is 257 g/mol. The van der Waals surface area contributed by atoms with Crippen LogP contribution in [0.1, 0.15) is 51.4 Å². The molecule has 1 saturated carbocycles. The first-order valence-electron chi connectivity index (χ1n) is 7.21. The highest BCUT2D eigenvalue weighted by molar-refractivity contribution is 7.98. The van der Waals surface area contributed by atoms with Crippen LogP contribution in [0.15, 0.2) is 0 Å². The van der Waals surface area contributed by atoms with Gasteiger partial charge in [-0.1, -0.05) is 6.42 Å². The number of hydrogen-bond donors (Lipinski definition) is 1. The molecule has 0 aromatic carbocycles. The third kappa shape index (κ3) is 4.15. The molecule has 0 amide bonds. The lowest BCUT2D eigenvalue weighted by Crippen LogP contribution is -2.51. The van der Waals surface area contributed by atoms with Gasteiger partial charge < -0.3 is 10.1 Å². The van der Waals surface area contributed by atoms with Crippen LogP contribution in [-0.2, 0) is 4.74 Å². The van der Waals surface area contributed by atoms with Gasteiger partial charge in [-0.25, -0.2) is 0 Å². The van der Waals surface area contributed by atoms with Crippen LogP contribution in [0, 0.1) is 0 Å². The zero-order chi connectivity index (χ0) is 12.0. The molecule has 1 atom stereocenters. The first-order chi connectivity index (χ1) is 8.35. The van der Waals surface area contributed by atoms with Crippen molar-refractivity contribution in [3.8, 4) is 0 Å². The molecule has 2 nitrogen and oxygen atoms in total. The normalized spacial score (nSPS) is 27.0. The lowest BCUT2D eigenvalue weighted by Gasteiger charge is -2.47.